The molecule has 2 nitrogen and oxygen atoms in total. The summed E-state index contributed by atoms with van der Waals surface area (Å²) in [5.74, 6) is 0.294. The van der Waals surface area contributed by atoms with Crippen molar-refractivity contribution in [2.45, 2.75) is 19.5 Å². The van der Waals surface area contributed by atoms with Crippen molar-refractivity contribution in [1.82, 2.24) is 5.32 Å². The first-order valence-electron chi connectivity index (χ1n) is 6.03. The lowest BCUT2D eigenvalue weighted by atomic mass is 10.1. The van der Waals surface area contributed by atoms with E-state index in [2.05, 4.69) is 28.2 Å². The predicted molar refractivity (Wildman–Crippen MR) is 82.5 cm³/mol. The molecule has 100 valence electrons. The number of aromatic hydroxyl groups is 1. The summed E-state index contributed by atoms with van der Waals surface area (Å²) < 4.78 is 0.951. The van der Waals surface area contributed by atoms with Crippen LogP contribution in [0.2, 0.25) is 5.02 Å². The van der Waals surface area contributed by atoms with Gasteiger partial charge in [0.2, 0.25) is 0 Å². The molecule has 0 saturated carbocycles. The lowest BCUT2D eigenvalue weighted by Gasteiger charge is -2.16. The van der Waals surface area contributed by atoms with Crippen molar-refractivity contribution in [3.63, 3.8) is 0 Å². The molecular formula is C15H15BrClNO. The van der Waals surface area contributed by atoms with Gasteiger partial charge in [0.05, 0.1) is 0 Å². The molecule has 0 fully saturated rings. The Kier molecular flexibility index (Phi) is 4.86. The van der Waals surface area contributed by atoms with Crippen LogP contribution in [0.3, 0.4) is 0 Å². The molecular weight excluding hydrogens is 326 g/mol. The quantitative estimate of drug-likeness (QED) is 0.848. The van der Waals surface area contributed by atoms with Crippen molar-refractivity contribution < 1.29 is 5.11 Å². The van der Waals surface area contributed by atoms with Gasteiger partial charge in [-0.15, -0.1) is 0 Å². The van der Waals surface area contributed by atoms with E-state index in [-0.39, 0.29) is 6.04 Å². The molecule has 0 bridgehead atoms. The summed E-state index contributed by atoms with van der Waals surface area (Å²) in [6.45, 7) is 2.63. The molecule has 0 saturated heterocycles. The number of phenols is 1. The Morgan fingerprint density at radius 3 is 2.74 bits per heavy atom. The highest BCUT2D eigenvalue weighted by Crippen LogP contribution is 2.25. The predicted octanol–water partition coefficient (Wildman–Crippen LogP) is 4.66. The van der Waals surface area contributed by atoms with Crippen molar-refractivity contribution in [2.75, 3.05) is 0 Å². The van der Waals surface area contributed by atoms with Gasteiger partial charge in [0.25, 0.3) is 0 Å². The lowest BCUT2D eigenvalue weighted by Crippen LogP contribution is -2.18. The summed E-state index contributed by atoms with van der Waals surface area (Å²) in [5, 5.41) is 13.9. The topological polar surface area (TPSA) is 32.3 Å². The van der Waals surface area contributed by atoms with Gasteiger partial charge in [-0.1, -0.05) is 45.7 Å². The molecule has 4 heteroatoms. The van der Waals surface area contributed by atoms with Gasteiger partial charge in [-0.25, -0.2) is 0 Å². The third-order valence-corrected chi connectivity index (χ3v) is 3.85. The molecule has 1 atom stereocenters. The largest absolute Gasteiger partial charge is 0.508 e. The highest BCUT2D eigenvalue weighted by molar-refractivity contribution is 9.10. The Labute approximate surface area is 126 Å². The highest BCUT2D eigenvalue weighted by Gasteiger charge is 2.09. The molecule has 0 radical (unpaired) electrons. The second-order valence-corrected chi connectivity index (χ2v) is 5.72. The molecule has 0 aliphatic carbocycles. The summed E-state index contributed by atoms with van der Waals surface area (Å²) >= 11 is 9.56. The molecule has 0 aliphatic rings. The standard InChI is InChI=1S/C15H15BrClNO/c1-10(13-4-2-3-5-14(13)17)18-9-11-8-12(16)6-7-15(11)19/h2-8,10,18-19H,9H2,1H3/t10-/m1/s1. The van der Waals surface area contributed by atoms with Crippen LogP contribution in [0, 0.1) is 0 Å². The molecule has 2 rings (SSSR count). The van der Waals surface area contributed by atoms with Crippen LogP contribution in [0.5, 0.6) is 5.75 Å². The van der Waals surface area contributed by atoms with E-state index in [1.54, 1.807) is 6.07 Å². The van der Waals surface area contributed by atoms with E-state index >= 15 is 0 Å². The average Bonchev–Trinajstić information content (AvgIpc) is 2.40. The van der Waals surface area contributed by atoms with Gasteiger partial charge >= 0.3 is 0 Å². The Morgan fingerprint density at radius 1 is 1.26 bits per heavy atom. The SMILES string of the molecule is C[C@@H](NCc1cc(Br)ccc1O)c1ccccc1Cl. The fourth-order valence-electron chi connectivity index (χ4n) is 1.89. The summed E-state index contributed by atoms with van der Waals surface area (Å²) in [5.41, 5.74) is 1.91. The van der Waals surface area contributed by atoms with Crippen LogP contribution in [0.1, 0.15) is 24.1 Å². The monoisotopic (exact) mass is 339 g/mol. The van der Waals surface area contributed by atoms with E-state index in [4.69, 9.17) is 11.6 Å². The summed E-state index contributed by atoms with van der Waals surface area (Å²) in [4.78, 5) is 0. The van der Waals surface area contributed by atoms with Gasteiger partial charge in [0.1, 0.15) is 5.75 Å². The molecule has 0 aromatic heterocycles. The van der Waals surface area contributed by atoms with E-state index in [0.717, 1.165) is 20.6 Å². The first kappa shape index (κ1) is 14.4. The second kappa shape index (κ2) is 6.42. The summed E-state index contributed by atoms with van der Waals surface area (Å²) in [6.07, 6.45) is 0. The number of benzene rings is 2. The number of hydrogen-bond acceptors (Lipinski definition) is 2. The Morgan fingerprint density at radius 2 is 2.00 bits per heavy atom. The zero-order valence-electron chi connectivity index (χ0n) is 10.5. The normalized spacial score (nSPS) is 12.4. The zero-order valence-corrected chi connectivity index (χ0v) is 12.9. The van der Waals surface area contributed by atoms with Crippen molar-refractivity contribution in [2.24, 2.45) is 0 Å². The van der Waals surface area contributed by atoms with Gasteiger partial charge in [0.15, 0.2) is 0 Å². The van der Waals surface area contributed by atoms with Gasteiger partial charge in [-0.2, -0.15) is 0 Å². The first-order chi connectivity index (χ1) is 9.08. The van der Waals surface area contributed by atoms with E-state index in [1.165, 1.54) is 0 Å². The van der Waals surface area contributed by atoms with Crippen molar-refractivity contribution in [3.8, 4) is 5.75 Å². The Bertz CT molecular complexity index is 574. The maximum Gasteiger partial charge on any atom is 0.120 e. The molecule has 0 unspecified atom stereocenters. The maximum absolute atomic E-state index is 9.79. The first-order valence-corrected chi connectivity index (χ1v) is 7.20. The van der Waals surface area contributed by atoms with E-state index in [1.807, 2.05) is 36.4 Å². The summed E-state index contributed by atoms with van der Waals surface area (Å²) in [6, 6.07) is 13.3. The number of phenolic OH excluding ortho intramolecular Hbond substituents is 1. The van der Waals surface area contributed by atoms with Crippen molar-refractivity contribution in [3.05, 3.63) is 63.1 Å². The van der Waals surface area contributed by atoms with Crippen LogP contribution in [0.25, 0.3) is 0 Å². The average molecular weight is 341 g/mol. The van der Waals surface area contributed by atoms with Crippen LogP contribution >= 0.6 is 27.5 Å². The maximum atomic E-state index is 9.79. The van der Waals surface area contributed by atoms with Crippen LogP contribution in [-0.4, -0.2) is 5.11 Å². The van der Waals surface area contributed by atoms with E-state index in [0.29, 0.717) is 12.3 Å². The zero-order chi connectivity index (χ0) is 13.8. The third kappa shape index (κ3) is 3.72. The molecule has 0 spiro atoms. The third-order valence-electron chi connectivity index (χ3n) is 3.01. The Hall–Kier alpha value is -1.03. The summed E-state index contributed by atoms with van der Waals surface area (Å²) in [7, 11) is 0. The fraction of sp³-hybridized carbons (Fsp3) is 0.200. The number of hydrogen-bond donors (Lipinski definition) is 2. The van der Waals surface area contributed by atoms with Crippen LogP contribution in [0.15, 0.2) is 46.9 Å². The number of nitrogens with one attached hydrogen (secondary N) is 1. The number of rotatable bonds is 4. The lowest BCUT2D eigenvalue weighted by molar-refractivity contribution is 0.460. The molecule has 0 amide bonds. The minimum atomic E-state index is 0.118. The van der Waals surface area contributed by atoms with Gasteiger partial charge in [-0.05, 0) is 36.8 Å². The smallest absolute Gasteiger partial charge is 0.120 e. The fourth-order valence-corrected chi connectivity index (χ4v) is 2.60. The van der Waals surface area contributed by atoms with Crippen molar-refractivity contribution >= 4 is 27.5 Å². The number of halogens is 2. The molecule has 2 aromatic carbocycles. The minimum Gasteiger partial charge on any atom is -0.508 e. The van der Waals surface area contributed by atoms with E-state index in [9.17, 15) is 5.11 Å². The van der Waals surface area contributed by atoms with Crippen LogP contribution in [-0.2, 0) is 6.54 Å². The van der Waals surface area contributed by atoms with Gasteiger partial charge in [-0.3, -0.25) is 0 Å². The van der Waals surface area contributed by atoms with E-state index < -0.39 is 0 Å². The highest BCUT2D eigenvalue weighted by atomic mass is 79.9. The van der Waals surface area contributed by atoms with Crippen LogP contribution < -0.4 is 5.32 Å². The Balaban J connectivity index is 2.06. The molecule has 0 heterocycles. The molecule has 0 aliphatic heterocycles. The minimum absolute atomic E-state index is 0.118. The molecule has 2 aromatic rings. The van der Waals surface area contributed by atoms with Gasteiger partial charge in [0, 0.05) is 27.6 Å². The van der Waals surface area contributed by atoms with Crippen LogP contribution in [0.4, 0.5) is 0 Å². The van der Waals surface area contributed by atoms with Gasteiger partial charge < -0.3 is 10.4 Å². The molecule has 19 heavy (non-hydrogen) atoms. The van der Waals surface area contributed by atoms with Crippen molar-refractivity contribution in [1.29, 1.82) is 0 Å². The molecule has 2 N–H and O–H groups in total. The second-order valence-electron chi connectivity index (χ2n) is 4.40.